The molecule has 6 heteroatoms. The van der Waals surface area contributed by atoms with Crippen molar-refractivity contribution < 1.29 is 14.3 Å². The van der Waals surface area contributed by atoms with Crippen molar-refractivity contribution in [2.75, 3.05) is 5.32 Å². The van der Waals surface area contributed by atoms with Gasteiger partial charge in [0.2, 0.25) is 0 Å². The van der Waals surface area contributed by atoms with Crippen LogP contribution in [0.2, 0.25) is 10.0 Å². The topological polar surface area (TPSA) is 49.3 Å². The molecule has 0 fully saturated rings. The van der Waals surface area contributed by atoms with Gasteiger partial charge in [0.05, 0.1) is 16.3 Å². The molecular weight excluding hydrogens is 292 g/mol. The maximum absolute atomic E-state index is 13.5. The number of halogens is 3. The van der Waals surface area contributed by atoms with Crippen LogP contribution in [0.15, 0.2) is 36.4 Å². The van der Waals surface area contributed by atoms with Crippen molar-refractivity contribution in [1.82, 2.24) is 0 Å². The summed E-state index contributed by atoms with van der Waals surface area (Å²) in [6.45, 7) is 0. The van der Waals surface area contributed by atoms with Crippen LogP contribution in [0.25, 0.3) is 0 Å². The van der Waals surface area contributed by atoms with Crippen molar-refractivity contribution in [1.29, 1.82) is 0 Å². The fourth-order valence-electron chi connectivity index (χ4n) is 1.47. The highest BCUT2D eigenvalue weighted by atomic mass is 35.5. The Bertz CT molecular complexity index is 647. The van der Waals surface area contributed by atoms with E-state index in [1.165, 1.54) is 30.3 Å². The lowest BCUT2D eigenvalue weighted by Crippen LogP contribution is -2.13. The molecule has 0 unspecified atom stereocenters. The number of carbonyl (C=O) groups excluding carboxylic acids is 1. The van der Waals surface area contributed by atoms with Gasteiger partial charge >= 0.3 is 0 Å². The van der Waals surface area contributed by atoms with Crippen molar-refractivity contribution >= 4 is 34.8 Å². The van der Waals surface area contributed by atoms with Gasteiger partial charge in [-0.05, 0) is 36.4 Å². The molecule has 2 aromatic rings. The van der Waals surface area contributed by atoms with E-state index in [1.807, 2.05) is 0 Å². The standard InChI is InChI=1S/C13H8Cl2FNO2/c14-7-1-4-12(11(16)5-7)17-13(19)9-6-8(18)2-3-10(9)15/h1-6,18H,(H,17,19). The van der Waals surface area contributed by atoms with Crippen molar-refractivity contribution in [3.63, 3.8) is 0 Å². The summed E-state index contributed by atoms with van der Waals surface area (Å²) in [5.74, 6) is -1.38. The van der Waals surface area contributed by atoms with Crippen LogP contribution in [0.1, 0.15) is 10.4 Å². The average molecular weight is 300 g/mol. The van der Waals surface area contributed by atoms with Gasteiger partial charge in [0.1, 0.15) is 11.6 Å². The fraction of sp³-hybridized carbons (Fsp3) is 0. The number of hydrogen-bond acceptors (Lipinski definition) is 2. The van der Waals surface area contributed by atoms with Gasteiger partial charge in [-0.2, -0.15) is 0 Å². The number of rotatable bonds is 2. The first-order chi connectivity index (χ1) is 8.97. The highest BCUT2D eigenvalue weighted by molar-refractivity contribution is 6.34. The number of carbonyl (C=O) groups is 1. The number of amides is 1. The molecule has 0 atom stereocenters. The Morgan fingerprint density at radius 3 is 2.58 bits per heavy atom. The van der Waals surface area contributed by atoms with Gasteiger partial charge in [0, 0.05) is 5.02 Å². The minimum atomic E-state index is -0.655. The third kappa shape index (κ3) is 3.16. The molecule has 19 heavy (non-hydrogen) atoms. The predicted octanol–water partition coefficient (Wildman–Crippen LogP) is 4.09. The monoisotopic (exact) mass is 299 g/mol. The number of aromatic hydroxyl groups is 1. The molecule has 0 saturated heterocycles. The lowest BCUT2D eigenvalue weighted by Gasteiger charge is -2.08. The minimum absolute atomic E-state index is 0.0196. The molecule has 3 nitrogen and oxygen atoms in total. The molecule has 0 radical (unpaired) electrons. The van der Waals surface area contributed by atoms with E-state index >= 15 is 0 Å². The summed E-state index contributed by atoms with van der Waals surface area (Å²) in [5.41, 5.74) is 0.0322. The summed E-state index contributed by atoms with van der Waals surface area (Å²) < 4.78 is 13.5. The second kappa shape index (κ2) is 5.47. The first-order valence-electron chi connectivity index (χ1n) is 5.22. The third-order valence-electron chi connectivity index (χ3n) is 2.37. The number of benzene rings is 2. The maximum Gasteiger partial charge on any atom is 0.257 e. The Morgan fingerprint density at radius 2 is 1.89 bits per heavy atom. The fourth-order valence-corrected chi connectivity index (χ4v) is 1.83. The van der Waals surface area contributed by atoms with Crippen LogP contribution in [0.5, 0.6) is 5.75 Å². The maximum atomic E-state index is 13.5. The van der Waals surface area contributed by atoms with Crippen LogP contribution in [0.4, 0.5) is 10.1 Å². The van der Waals surface area contributed by atoms with Gasteiger partial charge in [-0.1, -0.05) is 23.2 Å². The SMILES string of the molecule is O=C(Nc1ccc(Cl)cc1F)c1cc(O)ccc1Cl. The predicted molar refractivity (Wildman–Crippen MR) is 72.5 cm³/mol. The van der Waals surface area contributed by atoms with Crippen LogP contribution in [0, 0.1) is 5.82 Å². The summed E-state index contributed by atoms with van der Waals surface area (Å²) in [6, 6.07) is 7.80. The summed E-state index contributed by atoms with van der Waals surface area (Å²) in [7, 11) is 0. The minimum Gasteiger partial charge on any atom is -0.508 e. The first kappa shape index (κ1) is 13.6. The van der Waals surface area contributed by atoms with Gasteiger partial charge in [0.15, 0.2) is 0 Å². The Labute approximate surface area is 118 Å². The van der Waals surface area contributed by atoms with E-state index in [4.69, 9.17) is 23.2 Å². The highest BCUT2D eigenvalue weighted by Gasteiger charge is 2.13. The van der Waals surface area contributed by atoms with E-state index in [0.29, 0.717) is 0 Å². The number of phenolic OH excluding ortho intramolecular Hbond substituents is 1. The van der Waals surface area contributed by atoms with Gasteiger partial charge < -0.3 is 10.4 Å². The van der Waals surface area contributed by atoms with Crippen molar-refractivity contribution in [3.05, 3.63) is 57.8 Å². The molecule has 0 aromatic heterocycles. The summed E-state index contributed by atoms with van der Waals surface area (Å²) >= 11 is 11.4. The molecule has 2 aromatic carbocycles. The van der Waals surface area contributed by atoms with E-state index in [0.717, 1.165) is 6.07 Å². The molecule has 0 aliphatic rings. The Balaban J connectivity index is 2.28. The number of nitrogens with one attached hydrogen (secondary N) is 1. The van der Waals surface area contributed by atoms with E-state index in [2.05, 4.69) is 5.32 Å². The first-order valence-corrected chi connectivity index (χ1v) is 5.98. The molecule has 2 rings (SSSR count). The van der Waals surface area contributed by atoms with Gasteiger partial charge in [-0.3, -0.25) is 4.79 Å². The van der Waals surface area contributed by atoms with Crippen LogP contribution in [-0.2, 0) is 0 Å². The van der Waals surface area contributed by atoms with E-state index in [1.54, 1.807) is 0 Å². The largest absolute Gasteiger partial charge is 0.508 e. The van der Waals surface area contributed by atoms with E-state index in [9.17, 15) is 14.3 Å². The average Bonchev–Trinajstić information content (AvgIpc) is 2.35. The highest BCUT2D eigenvalue weighted by Crippen LogP contribution is 2.24. The van der Waals surface area contributed by atoms with Crippen LogP contribution in [0.3, 0.4) is 0 Å². The lowest BCUT2D eigenvalue weighted by atomic mass is 10.2. The normalized spacial score (nSPS) is 10.3. The molecule has 0 saturated carbocycles. The number of hydrogen-bond donors (Lipinski definition) is 2. The second-order valence-corrected chi connectivity index (χ2v) is 4.59. The second-order valence-electron chi connectivity index (χ2n) is 3.74. The molecule has 0 spiro atoms. The van der Waals surface area contributed by atoms with Crippen LogP contribution >= 0.6 is 23.2 Å². The zero-order valence-corrected chi connectivity index (χ0v) is 11.0. The molecule has 1 amide bonds. The van der Waals surface area contributed by atoms with Crippen molar-refractivity contribution in [2.24, 2.45) is 0 Å². The summed E-state index contributed by atoms with van der Waals surface area (Å²) in [5, 5.41) is 12.1. The smallest absolute Gasteiger partial charge is 0.257 e. The Hall–Kier alpha value is -1.78. The van der Waals surface area contributed by atoms with Gasteiger partial charge in [0.25, 0.3) is 5.91 Å². The zero-order chi connectivity index (χ0) is 14.0. The molecule has 0 bridgehead atoms. The molecular formula is C13H8Cl2FNO2. The van der Waals surface area contributed by atoms with E-state index in [-0.39, 0.29) is 27.0 Å². The number of phenols is 1. The van der Waals surface area contributed by atoms with Gasteiger partial charge in [-0.25, -0.2) is 4.39 Å². The van der Waals surface area contributed by atoms with Crippen molar-refractivity contribution in [3.8, 4) is 5.75 Å². The lowest BCUT2D eigenvalue weighted by molar-refractivity contribution is 0.102. The zero-order valence-electron chi connectivity index (χ0n) is 9.45. The van der Waals surface area contributed by atoms with E-state index < -0.39 is 11.7 Å². The Kier molecular flexibility index (Phi) is 3.93. The van der Waals surface area contributed by atoms with Crippen molar-refractivity contribution in [2.45, 2.75) is 0 Å². The summed E-state index contributed by atoms with van der Waals surface area (Å²) in [4.78, 5) is 11.9. The number of anilines is 1. The molecule has 2 N–H and O–H groups in total. The molecule has 0 aliphatic heterocycles. The molecule has 0 heterocycles. The summed E-state index contributed by atoms with van der Waals surface area (Å²) in [6.07, 6.45) is 0. The quantitative estimate of drug-likeness (QED) is 0.877. The van der Waals surface area contributed by atoms with Crippen LogP contribution in [-0.4, -0.2) is 11.0 Å². The Morgan fingerprint density at radius 1 is 1.16 bits per heavy atom. The molecule has 98 valence electrons. The molecule has 0 aliphatic carbocycles. The third-order valence-corrected chi connectivity index (χ3v) is 2.94. The van der Waals surface area contributed by atoms with Gasteiger partial charge in [-0.15, -0.1) is 0 Å². The van der Waals surface area contributed by atoms with Crippen LogP contribution < -0.4 is 5.32 Å².